The second-order valence-corrected chi connectivity index (χ2v) is 6.63. The van der Waals surface area contributed by atoms with Gasteiger partial charge >= 0.3 is 6.03 Å². The van der Waals surface area contributed by atoms with Gasteiger partial charge in [-0.1, -0.05) is 0 Å². The molecule has 0 saturated carbocycles. The van der Waals surface area contributed by atoms with Crippen molar-refractivity contribution in [3.05, 3.63) is 36.5 Å². The van der Waals surface area contributed by atoms with Crippen LogP contribution in [0.5, 0.6) is 0 Å². The van der Waals surface area contributed by atoms with Crippen molar-refractivity contribution in [2.45, 2.75) is 25.6 Å². The van der Waals surface area contributed by atoms with Crippen LogP contribution >= 0.6 is 0 Å². The van der Waals surface area contributed by atoms with E-state index in [0.29, 0.717) is 5.92 Å². The average Bonchev–Trinajstić information content (AvgIpc) is 3.17. The molecule has 2 fully saturated rings. The third-order valence-electron chi connectivity index (χ3n) is 5.05. The van der Waals surface area contributed by atoms with E-state index in [1.54, 1.807) is 18.6 Å². The number of urea groups is 1. The van der Waals surface area contributed by atoms with E-state index in [-0.39, 0.29) is 30.9 Å². The molecule has 0 unspecified atom stereocenters. The summed E-state index contributed by atoms with van der Waals surface area (Å²) < 4.78 is 25.4. The first-order chi connectivity index (χ1) is 12.6. The lowest BCUT2D eigenvalue weighted by atomic mass is 9.95. The number of hydrogen-bond acceptors (Lipinski definition) is 5. The normalized spacial score (nSPS) is 21.6. The summed E-state index contributed by atoms with van der Waals surface area (Å²) in [7, 11) is 0. The minimum Gasteiger partial charge on any atom is -0.459 e. The van der Waals surface area contributed by atoms with Crippen LogP contribution in [0.25, 0.3) is 0 Å². The smallest absolute Gasteiger partial charge is 0.328 e. The molecule has 0 radical (unpaired) electrons. The Morgan fingerprint density at radius 2 is 1.81 bits per heavy atom. The number of hydrogen-bond donors (Lipinski definition) is 1. The largest absolute Gasteiger partial charge is 0.459 e. The Hall–Kier alpha value is -2.77. The summed E-state index contributed by atoms with van der Waals surface area (Å²) in [6, 6.07) is 4.27. The van der Waals surface area contributed by atoms with Crippen LogP contribution in [0.15, 0.2) is 30.7 Å². The number of imide groups is 1. The molecule has 0 atom stereocenters. The van der Waals surface area contributed by atoms with Crippen LogP contribution in [0, 0.1) is 11.7 Å². The molecule has 2 saturated heterocycles. The summed E-state index contributed by atoms with van der Waals surface area (Å²) in [5.41, 5.74) is 0.969. The number of nitrogens with one attached hydrogen (secondary N) is 1. The van der Waals surface area contributed by atoms with Gasteiger partial charge < -0.3 is 14.4 Å². The van der Waals surface area contributed by atoms with Gasteiger partial charge in [0.2, 0.25) is 12.2 Å². The highest BCUT2D eigenvalue weighted by molar-refractivity contribution is 6.05. The van der Waals surface area contributed by atoms with E-state index in [0.717, 1.165) is 31.6 Å². The Balaban J connectivity index is 1.42. The molecule has 0 aromatic heterocycles. The van der Waals surface area contributed by atoms with Crippen molar-refractivity contribution in [1.29, 1.82) is 0 Å². The summed E-state index contributed by atoms with van der Waals surface area (Å²) in [6.45, 7) is 1.75. The van der Waals surface area contributed by atoms with Crippen molar-refractivity contribution in [3.63, 3.8) is 0 Å². The highest BCUT2D eigenvalue weighted by Crippen LogP contribution is 2.31. The molecule has 4 rings (SSSR count). The van der Waals surface area contributed by atoms with Crippen molar-refractivity contribution in [2.75, 3.05) is 29.4 Å². The second-order valence-electron chi connectivity index (χ2n) is 6.63. The Kier molecular flexibility index (Phi) is 4.40. The molecule has 3 heterocycles. The SMILES string of the molecule is O=C1CCN(c2ccc(N3CCC(C4OC=CO4)CC3)cc2F)C(=O)N1. The lowest BCUT2D eigenvalue weighted by Crippen LogP contribution is -2.49. The summed E-state index contributed by atoms with van der Waals surface area (Å²) in [4.78, 5) is 26.5. The van der Waals surface area contributed by atoms with Gasteiger partial charge in [0.25, 0.3) is 0 Å². The number of piperidine rings is 1. The monoisotopic (exact) mass is 361 g/mol. The maximum atomic E-state index is 14.6. The molecule has 3 aliphatic rings. The predicted molar refractivity (Wildman–Crippen MR) is 91.9 cm³/mol. The number of nitrogens with zero attached hydrogens (tertiary/aromatic N) is 2. The Morgan fingerprint density at radius 3 is 2.46 bits per heavy atom. The molecule has 7 nitrogen and oxygen atoms in total. The number of halogens is 1. The number of amides is 3. The van der Waals surface area contributed by atoms with Gasteiger partial charge in [-0.3, -0.25) is 15.0 Å². The van der Waals surface area contributed by atoms with Gasteiger partial charge in [0.15, 0.2) is 0 Å². The Labute approximate surface area is 150 Å². The molecular formula is C18H20FN3O4. The molecule has 1 N–H and O–H groups in total. The van der Waals surface area contributed by atoms with Crippen molar-refractivity contribution in [3.8, 4) is 0 Å². The van der Waals surface area contributed by atoms with Gasteiger partial charge in [0, 0.05) is 37.7 Å². The van der Waals surface area contributed by atoms with Crippen LogP contribution in [-0.4, -0.2) is 37.9 Å². The Morgan fingerprint density at radius 1 is 1.08 bits per heavy atom. The fourth-order valence-corrected chi connectivity index (χ4v) is 3.61. The molecule has 0 spiro atoms. The van der Waals surface area contributed by atoms with E-state index < -0.39 is 11.8 Å². The van der Waals surface area contributed by atoms with Crippen LogP contribution in [-0.2, 0) is 14.3 Å². The van der Waals surface area contributed by atoms with E-state index in [1.807, 2.05) is 6.07 Å². The summed E-state index contributed by atoms with van der Waals surface area (Å²) in [5.74, 6) is -0.489. The fourth-order valence-electron chi connectivity index (χ4n) is 3.61. The van der Waals surface area contributed by atoms with E-state index in [2.05, 4.69) is 10.2 Å². The van der Waals surface area contributed by atoms with Gasteiger partial charge in [-0.15, -0.1) is 0 Å². The summed E-state index contributed by atoms with van der Waals surface area (Å²) >= 11 is 0. The lowest BCUT2D eigenvalue weighted by Gasteiger charge is -2.35. The molecule has 3 aliphatic heterocycles. The molecule has 1 aromatic rings. The molecule has 0 bridgehead atoms. The molecule has 8 heteroatoms. The topological polar surface area (TPSA) is 71.1 Å². The number of benzene rings is 1. The second kappa shape index (κ2) is 6.86. The van der Waals surface area contributed by atoms with E-state index >= 15 is 0 Å². The quantitative estimate of drug-likeness (QED) is 0.895. The zero-order chi connectivity index (χ0) is 18.1. The van der Waals surface area contributed by atoms with Crippen LogP contribution in [0.4, 0.5) is 20.6 Å². The number of carbonyl (C=O) groups is 2. The minimum atomic E-state index is -0.584. The molecule has 3 amide bonds. The lowest BCUT2D eigenvalue weighted by molar-refractivity contribution is -0.120. The molecule has 26 heavy (non-hydrogen) atoms. The van der Waals surface area contributed by atoms with Gasteiger partial charge in [-0.05, 0) is 31.0 Å². The van der Waals surface area contributed by atoms with Crippen molar-refractivity contribution in [2.24, 2.45) is 5.92 Å². The van der Waals surface area contributed by atoms with Crippen LogP contribution in [0.2, 0.25) is 0 Å². The predicted octanol–water partition coefficient (Wildman–Crippen LogP) is 2.33. The van der Waals surface area contributed by atoms with E-state index in [4.69, 9.17) is 9.47 Å². The fraction of sp³-hybridized carbons (Fsp3) is 0.444. The summed E-state index contributed by atoms with van der Waals surface area (Å²) in [5, 5.41) is 2.21. The first-order valence-corrected chi connectivity index (χ1v) is 8.73. The number of carbonyl (C=O) groups excluding carboxylic acids is 2. The highest BCUT2D eigenvalue weighted by Gasteiger charge is 2.31. The van der Waals surface area contributed by atoms with Crippen molar-refractivity contribution < 1.29 is 23.5 Å². The standard InChI is InChI=1S/C18H20FN3O4/c19-14-11-13(1-2-15(14)22-8-5-16(23)20-18(22)24)21-6-3-12(4-7-21)17-25-9-10-26-17/h1-2,9-12,17H,3-8H2,(H,20,23,24). The van der Waals surface area contributed by atoms with Gasteiger partial charge in [0.05, 0.1) is 5.69 Å². The van der Waals surface area contributed by atoms with E-state index in [9.17, 15) is 14.0 Å². The molecular weight excluding hydrogens is 341 g/mol. The van der Waals surface area contributed by atoms with Crippen LogP contribution in [0.1, 0.15) is 19.3 Å². The average molecular weight is 361 g/mol. The van der Waals surface area contributed by atoms with Gasteiger partial charge in [-0.25, -0.2) is 9.18 Å². The molecule has 1 aromatic carbocycles. The van der Waals surface area contributed by atoms with Gasteiger partial charge in [0.1, 0.15) is 18.3 Å². The van der Waals surface area contributed by atoms with Crippen LogP contribution < -0.4 is 15.1 Å². The maximum absolute atomic E-state index is 14.6. The van der Waals surface area contributed by atoms with Gasteiger partial charge in [-0.2, -0.15) is 0 Å². The third kappa shape index (κ3) is 3.18. The van der Waals surface area contributed by atoms with Crippen LogP contribution in [0.3, 0.4) is 0 Å². The molecule has 138 valence electrons. The Bertz CT molecular complexity index is 738. The first kappa shape index (κ1) is 16.7. The zero-order valence-electron chi connectivity index (χ0n) is 14.2. The summed E-state index contributed by atoms with van der Waals surface area (Å²) in [6.07, 6.45) is 4.88. The number of ether oxygens (including phenoxy) is 2. The van der Waals surface area contributed by atoms with Crippen molar-refractivity contribution in [1.82, 2.24) is 5.32 Å². The molecule has 0 aliphatic carbocycles. The third-order valence-corrected chi connectivity index (χ3v) is 5.05. The zero-order valence-corrected chi connectivity index (χ0v) is 14.2. The number of rotatable bonds is 3. The maximum Gasteiger partial charge on any atom is 0.328 e. The van der Waals surface area contributed by atoms with Crippen molar-refractivity contribution >= 4 is 23.3 Å². The first-order valence-electron chi connectivity index (χ1n) is 8.73. The minimum absolute atomic E-state index is 0.167. The number of anilines is 2. The highest BCUT2D eigenvalue weighted by atomic mass is 19.1. The van der Waals surface area contributed by atoms with E-state index in [1.165, 1.54) is 11.0 Å².